The molecular formula is C22H20O8. The van der Waals surface area contributed by atoms with Crippen LogP contribution in [0.15, 0.2) is 18.2 Å². The van der Waals surface area contributed by atoms with E-state index in [2.05, 4.69) is 0 Å². The number of carbonyl (C=O) groups excluding carboxylic acids is 5. The highest BCUT2D eigenvalue weighted by atomic mass is 16.5. The van der Waals surface area contributed by atoms with E-state index in [0.717, 1.165) is 0 Å². The van der Waals surface area contributed by atoms with Crippen molar-refractivity contribution in [3.63, 3.8) is 0 Å². The van der Waals surface area contributed by atoms with Crippen molar-refractivity contribution in [1.82, 2.24) is 0 Å². The molecule has 1 aromatic carbocycles. The van der Waals surface area contributed by atoms with Crippen molar-refractivity contribution in [3.8, 4) is 5.75 Å². The van der Waals surface area contributed by atoms with Crippen LogP contribution in [-0.4, -0.2) is 40.2 Å². The van der Waals surface area contributed by atoms with Crippen LogP contribution in [0.25, 0.3) is 0 Å². The largest absolute Gasteiger partial charge is 0.480 e. The number of hydrogen-bond acceptors (Lipinski definition) is 7. The van der Waals surface area contributed by atoms with Gasteiger partial charge in [0.15, 0.2) is 17.0 Å². The lowest BCUT2D eigenvalue weighted by atomic mass is 9.86. The van der Waals surface area contributed by atoms with Gasteiger partial charge in [0.25, 0.3) is 0 Å². The van der Waals surface area contributed by atoms with Crippen molar-refractivity contribution in [2.24, 2.45) is 17.3 Å². The third kappa shape index (κ3) is 3.26. The molecule has 0 amide bonds. The van der Waals surface area contributed by atoms with Gasteiger partial charge in [-0.15, -0.1) is 0 Å². The van der Waals surface area contributed by atoms with Gasteiger partial charge in [-0.25, -0.2) is 0 Å². The molecule has 3 aliphatic carbocycles. The zero-order valence-corrected chi connectivity index (χ0v) is 16.1. The molecule has 1 aromatic rings. The number of carbonyl (C=O) groups is 6. The number of rotatable bonds is 5. The van der Waals surface area contributed by atoms with Gasteiger partial charge in [-0.3, -0.25) is 28.8 Å². The third-order valence-corrected chi connectivity index (χ3v) is 6.32. The lowest BCUT2D eigenvalue weighted by molar-refractivity contribution is -0.155. The number of Topliss-reactive ketones (excluding diaryl/α,β-unsaturated/α-hetero) is 4. The zero-order valence-electron chi connectivity index (χ0n) is 16.1. The summed E-state index contributed by atoms with van der Waals surface area (Å²) in [6.07, 6.45) is 1.21. The standard InChI is InChI=1S/C22H20O8/c23-12-5-4-11(15(24)7-6-12)10-14-18(25)13-2-1-3-16(17(13)19(14)26)30-21(29)22(8-9-22)20(27)28/h1-3,11,14H,4-10H2,(H,27,28). The Morgan fingerprint density at radius 3 is 2.43 bits per heavy atom. The molecule has 2 fully saturated rings. The van der Waals surface area contributed by atoms with Crippen LogP contribution in [0.4, 0.5) is 0 Å². The number of esters is 1. The summed E-state index contributed by atoms with van der Waals surface area (Å²) in [4.78, 5) is 73.5. The first kappa shape index (κ1) is 20.1. The SMILES string of the molecule is O=C1CCC(=O)C(CC2C(=O)c3cccc(OC(=O)C4(C(=O)O)CC4)c3C2=O)CC1. The molecule has 2 saturated carbocycles. The molecule has 2 atom stereocenters. The van der Waals surface area contributed by atoms with Gasteiger partial charge >= 0.3 is 11.9 Å². The van der Waals surface area contributed by atoms with Crippen molar-refractivity contribution in [2.45, 2.75) is 44.9 Å². The molecule has 0 radical (unpaired) electrons. The van der Waals surface area contributed by atoms with E-state index in [-0.39, 0.29) is 67.0 Å². The van der Waals surface area contributed by atoms with Gasteiger partial charge in [0.2, 0.25) is 0 Å². The van der Waals surface area contributed by atoms with Crippen molar-refractivity contribution >= 4 is 35.1 Å². The Morgan fingerprint density at radius 1 is 1.03 bits per heavy atom. The maximum atomic E-state index is 13.0. The summed E-state index contributed by atoms with van der Waals surface area (Å²) in [5.74, 6) is -5.09. The Bertz CT molecular complexity index is 1000. The maximum Gasteiger partial charge on any atom is 0.328 e. The first-order valence-electron chi connectivity index (χ1n) is 9.96. The van der Waals surface area contributed by atoms with E-state index in [1.807, 2.05) is 0 Å². The first-order valence-corrected chi connectivity index (χ1v) is 9.96. The summed E-state index contributed by atoms with van der Waals surface area (Å²) in [7, 11) is 0. The molecule has 4 rings (SSSR count). The van der Waals surface area contributed by atoms with E-state index >= 15 is 0 Å². The molecule has 0 heterocycles. The maximum absolute atomic E-state index is 13.0. The van der Waals surface area contributed by atoms with Crippen LogP contribution in [0.3, 0.4) is 0 Å². The number of benzene rings is 1. The summed E-state index contributed by atoms with van der Waals surface area (Å²) in [5.41, 5.74) is -1.53. The van der Waals surface area contributed by atoms with Gasteiger partial charge in [0.1, 0.15) is 17.3 Å². The number of ether oxygens (including phenoxy) is 1. The Kier molecular flexibility index (Phi) is 4.88. The predicted molar refractivity (Wildman–Crippen MR) is 100 cm³/mol. The molecule has 2 unspecified atom stereocenters. The molecule has 1 N–H and O–H groups in total. The number of aliphatic carboxylic acids is 1. The number of hydrogen-bond donors (Lipinski definition) is 1. The first-order chi connectivity index (χ1) is 14.2. The summed E-state index contributed by atoms with van der Waals surface area (Å²) >= 11 is 0. The summed E-state index contributed by atoms with van der Waals surface area (Å²) in [6.45, 7) is 0. The normalized spacial score (nSPS) is 24.9. The van der Waals surface area contributed by atoms with Crippen LogP contribution in [-0.2, 0) is 19.2 Å². The molecule has 0 saturated heterocycles. The zero-order chi connectivity index (χ0) is 21.6. The number of fused-ring (bicyclic) bond motifs is 1. The Labute approximate surface area is 171 Å². The molecule has 0 aliphatic heterocycles. The van der Waals surface area contributed by atoms with Crippen molar-refractivity contribution < 1.29 is 38.6 Å². The van der Waals surface area contributed by atoms with Crippen LogP contribution in [0, 0.1) is 17.3 Å². The highest BCUT2D eigenvalue weighted by Gasteiger charge is 2.59. The predicted octanol–water partition coefficient (Wildman–Crippen LogP) is 2.17. The van der Waals surface area contributed by atoms with E-state index in [9.17, 15) is 33.9 Å². The van der Waals surface area contributed by atoms with Crippen molar-refractivity contribution in [3.05, 3.63) is 29.3 Å². The van der Waals surface area contributed by atoms with Crippen molar-refractivity contribution in [1.29, 1.82) is 0 Å². The van der Waals surface area contributed by atoms with Gasteiger partial charge in [-0.2, -0.15) is 0 Å². The second kappa shape index (κ2) is 7.27. The van der Waals surface area contributed by atoms with E-state index in [1.165, 1.54) is 18.2 Å². The molecule has 3 aliphatic rings. The second-order valence-electron chi connectivity index (χ2n) is 8.21. The summed E-state index contributed by atoms with van der Waals surface area (Å²) in [5, 5.41) is 9.25. The minimum absolute atomic E-state index is 0.000143. The Balaban J connectivity index is 1.57. The summed E-state index contributed by atoms with van der Waals surface area (Å²) in [6, 6.07) is 4.28. The molecule has 0 spiro atoms. The molecule has 0 bridgehead atoms. The van der Waals surface area contributed by atoms with Crippen LogP contribution in [0.2, 0.25) is 0 Å². The fraction of sp³-hybridized carbons (Fsp3) is 0.455. The van der Waals surface area contributed by atoms with Gasteiger partial charge in [0.05, 0.1) is 11.5 Å². The van der Waals surface area contributed by atoms with Crippen LogP contribution >= 0.6 is 0 Å². The molecule has 0 aromatic heterocycles. The smallest absolute Gasteiger partial charge is 0.328 e. The average molecular weight is 412 g/mol. The van der Waals surface area contributed by atoms with E-state index in [0.29, 0.717) is 6.42 Å². The molecule has 8 nitrogen and oxygen atoms in total. The number of carboxylic acids is 1. The van der Waals surface area contributed by atoms with Gasteiger partial charge in [0, 0.05) is 30.7 Å². The Morgan fingerprint density at radius 2 is 1.77 bits per heavy atom. The van der Waals surface area contributed by atoms with E-state index in [1.54, 1.807) is 0 Å². The summed E-state index contributed by atoms with van der Waals surface area (Å²) < 4.78 is 5.25. The van der Waals surface area contributed by atoms with Crippen molar-refractivity contribution in [2.75, 3.05) is 0 Å². The lowest BCUT2D eigenvalue weighted by Crippen LogP contribution is -2.30. The quantitative estimate of drug-likeness (QED) is 0.337. The Hall–Kier alpha value is -3.16. The third-order valence-electron chi connectivity index (χ3n) is 6.32. The lowest BCUT2D eigenvalue weighted by Gasteiger charge is -2.15. The highest BCUT2D eigenvalue weighted by molar-refractivity contribution is 6.27. The van der Waals surface area contributed by atoms with Gasteiger partial charge in [-0.1, -0.05) is 12.1 Å². The van der Waals surface area contributed by atoms with E-state index in [4.69, 9.17) is 4.74 Å². The fourth-order valence-electron chi connectivity index (χ4n) is 4.22. The monoisotopic (exact) mass is 412 g/mol. The number of carboxylic acid groups (broad SMARTS) is 1. The van der Waals surface area contributed by atoms with Crippen LogP contribution < -0.4 is 4.74 Å². The topological polar surface area (TPSA) is 132 Å². The van der Waals surface area contributed by atoms with Gasteiger partial charge in [-0.05, 0) is 31.7 Å². The molecule has 156 valence electrons. The molecule has 8 heteroatoms. The van der Waals surface area contributed by atoms with Crippen LogP contribution in [0.5, 0.6) is 5.75 Å². The van der Waals surface area contributed by atoms with Gasteiger partial charge < -0.3 is 9.84 Å². The highest BCUT2D eigenvalue weighted by Crippen LogP contribution is 2.48. The van der Waals surface area contributed by atoms with E-state index < -0.39 is 40.8 Å². The molecular weight excluding hydrogens is 392 g/mol. The average Bonchev–Trinajstić information content (AvgIpc) is 3.50. The fourth-order valence-corrected chi connectivity index (χ4v) is 4.22. The van der Waals surface area contributed by atoms with Crippen LogP contribution in [0.1, 0.15) is 65.7 Å². The number of ketones is 4. The molecule has 30 heavy (non-hydrogen) atoms. The minimum atomic E-state index is -1.59. The minimum Gasteiger partial charge on any atom is -0.480 e. The second-order valence-corrected chi connectivity index (χ2v) is 8.21.